The molecular formula is C8H11F3O3S2. The highest BCUT2D eigenvalue weighted by Crippen LogP contribution is 2.44. The van der Waals surface area contributed by atoms with Gasteiger partial charge >= 0.3 is 15.6 Å². The maximum atomic E-state index is 12.1. The standard InChI is InChI=1S/C8H11F3O3S2/c9-8(10,11)16(12,13)14-7-1-5-3-15-4-6(5)2-7/h5-7H,1-4H2. The van der Waals surface area contributed by atoms with Gasteiger partial charge in [-0.1, -0.05) is 0 Å². The Morgan fingerprint density at radius 1 is 1.12 bits per heavy atom. The van der Waals surface area contributed by atoms with Crippen molar-refractivity contribution in [3.63, 3.8) is 0 Å². The van der Waals surface area contributed by atoms with Gasteiger partial charge in [0.2, 0.25) is 0 Å². The van der Waals surface area contributed by atoms with Crippen LogP contribution in [0.2, 0.25) is 0 Å². The molecule has 0 spiro atoms. The predicted molar refractivity (Wildman–Crippen MR) is 53.4 cm³/mol. The Balaban J connectivity index is 1.98. The first-order chi connectivity index (χ1) is 7.29. The number of thioether (sulfide) groups is 1. The summed E-state index contributed by atoms with van der Waals surface area (Å²) in [4.78, 5) is 0. The lowest BCUT2D eigenvalue weighted by Gasteiger charge is -2.14. The molecule has 2 rings (SSSR count). The summed E-state index contributed by atoms with van der Waals surface area (Å²) in [6, 6.07) is 0. The van der Waals surface area contributed by atoms with Crippen molar-refractivity contribution < 1.29 is 25.8 Å². The van der Waals surface area contributed by atoms with Crippen molar-refractivity contribution in [2.45, 2.75) is 24.5 Å². The van der Waals surface area contributed by atoms with E-state index in [0.29, 0.717) is 24.7 Å². The zero-order valence-electron chi connectivity index (χ0n) is 8.24. The van der Waals surface area contributed by atoms with Gasteiger partial charge in [0.1, 0.15) is 0 Å². The molecule has 94 valence electrons. The lowest BCUT2D eigenvalue weighted by molar-refractivity contribution is -0.0573. The molecule has 0 radical (unpaired) electrons. The van der Waals surface area contributed by atoms with Crippen molar-refractivity contribution >= 4 is 21.9 Å². The van der Waals surface area contributed by atoms with E-state index in [1.807, 2.05) is 0 Å². The lowest BCUT2D eigenvalue weighted by Crippen LogP contribution is -2.29. The van der Waals surface area contributed by atoms with Crippen molar-refractivity contribution in [3.05, 3.63) is 0 Å². The maximum absolute atomic E-state index is 12.1. The minimum atomic E-state index is -5.42. The van der Waals surface area contributed by atoms with Crippen LogP contribution in [0, 0.1) is 11.8 Å². The molecule has 1 heterocycles. The molecule has 1 aliphatic heterocycles. The molecule has 0 N–H and O–H groups in total. The molecule has 0 aromatic heterocycles. The van der Waals surface area contributed by atoms with E-state index < -0.39 is 21.7 Å². The molecule has 8 heteroatoms. The molecule has 2 aliphatic rings. The summed E-state index contributed by atoms with van der Waals surface area (Å²) >= 11 is 1.76. The van der Waals surface area contributed by atoms with Crippen LogP contribution < -0.4 is 0 Å². The summed E-state index contributed by atoms with van der Waals surface area (Å²) < 4.78 is 62.0. The maximum Gasteiger partial charge on any atom is 0.523 e. The third-order valence-corrected chi connectivity index (χ3v) is 5.43. The van der Waals surface area contributed by atoms with Gasteiger partial charge in [0.15, 0.2) is 0 Å². The number of hydrogen-bond acceptors (Lipinski definition) is 4. The fraction of sp³-hybridized carbons (Fsp3) is 1.00. The van der Waals surface area contributed by atoms with Crippen molar-refractivity contribution in [2.75, 3.05) is 11.5 Å². The van der Waals surface area contributed by atoms with Gasteiger partial charge in [-0.3, -0.25) is 4.18 Å². The second kappa shape index (κ2) is 4.06. The first-order valence-electron chi connectivity index (χ1n) is 4.87. The average Bonchev–Trinajstić information content (AvgIpc) is 2.59. The smallest absolute Gasteiger partial charge is 0.260 e. The van der Waals surface area contributed by atoms with Gasteiger partial charge in [0, 0.05) is 0 Å². The fourth-order valence-corrected chi connectivity index (χ4v) is 4.43. The summed E-state index contributed by atoms with van der Waals surface area (Å²) in [6.45, 7) is 0. The Hall–Kier alpha value is 0.0500. The van der Waals surface area contributed by atoms with Gasteiger partial charge in [-0.05, 0) is 36.2 Å². The first kappa shape index (κ1) is 12.5. The Labute approximate surface area is 95.8 Å². The molecule has 2 unspecified atom stereocenters. The molecule has 0 amide bonds. The van der Waals surface area contributed by atoms with Crippen LogP contribution in [0.3, 0.4) is 0 Å². The van der Waals surface area contributed by atoms with Gasteiger partial charge in [0.25, 0.3) is 0 Å². The van der Waals surface area contributed by atoms with E-state index in [2.05, 4.69) is 4.18 Å². The topological polar surface area (TPSA) is 43.4 Å². The minimum Gasteiger partial charge on any atom is -0.260 e. The van der Waals surface area contributed by atoms with Crippen molar-refractivity contribution in [1.29, 1.82) is 0 Å². The third-order valence-electron chi connectivity index (χ3n) is 3.01. The number of hydrogen-bond donors (Lipinski definition) is 0. The predicted octanol–water partition coefficient (Wildman–Crippen LogP) is 1.99. The lowest BCUT2D eigenvalue weighted by atomic mass is 10.0. The van der Waals surface area contributed by atoms with E-state index in [9.17, 15) is 21.6 Å². The summed E-state index contributed by atoms with van der Waals surface area (Å²) in [5.41, 5.74) is -5.31. The van der Waals surface area contributed by atoms with Gasteiger partial charge in [0.05, 0.1) is 6.10 Å². The molecule has 0 aromatic carbocycles. The molecule has 3 nitrogen and oxygen atoms in total. The molecule has 1 saturated carbocycles. The summed E-state index contributed by atoms with van der Waals surface area (Å²) in [6.07, 6.45) is 0.0578. The summed E-state index contributed by atoms with van der Waals surface area (Å²) in [5, 5.41) is 0. The van der Waals surface area contributed by atoms with Crippen LogP contribution in [0.15, 0.2) is 0 Å². The largest absolute Gasteiger partial charge is 0.523 e. The summed E-state index contributed by atoms with van der Waals surface area (Å²) in [7, 11) is -5.42. The summed E-state index contributed by atoms with van der Waals surface area (Å²) in [5.74, 6) is 2.43. The molecule has 2 fully saturated rings. The zero-order chi connectivity index (χ0) is 12.0. The first-order valence-corrected chi connectivity index (χ1v) is 7.43. The van der Waals surface area contributed by atoms with Crippen LogP contribution in [-0.4, -0.2) is 31.5 Å². The van der Waals surface area contributed by atoms with Crippen LogP contribution in [0.4, 0.5) is 13.2 Å². The molecule has 0 bridgehead atoms. The van der Waals surface area contributed by atoms with Crippen LogP contribution in [0.25, 0.3) is 0 Å². The van der Waals surface area contributed by atoms with Gasteiger partial charge in [-0.2, -0.15) is 33.4 Å². The Morgan fingerprint density at radius 3 is 2.06 bits per heavy atom. The molecule has 1 saturated heterocycles. The van der Waals surface area contributed by atoms with E-state index >= 15 is 0 Å². The molecule has 16 heavy (non-hydrogen) atoms. The Morgan fingerprint density at radius 2 is 1.62 bits per heavy atom. The van der Waals surface area contributed by atoms with Crippen molar-refractivity contribution in [3.8, 4) is 0 Å². The fourth-order valence-electron chi connectivity index (χ4n) is 2.25. The van der Waals surface area contributed by atoms with Crippen molar-refractivity contribution in [2.24, 2.45) is 11.8 Å². The Kier molecular flexibility index (Phi) is 3.17. The van der Waals surface area contributed by atoms with Gasteiger partial charge < -0.3 is 0 Å². The van der Waals surface area contributed by atoms with E-state index in [4.69, 9.17) is 0 Å². The number of halogens is 3. The zero-order valence-corrected chi connectivity index (χ0v) is 9.87. The molecule has 1 aliphatic carbocycles. The van der Waals surface area contributed by atoms with Gasteiger partial charge in [-0.15, -0.1) is 0 Å². The van der Waals surface area contributed by atoms with E-state index in [-0.39, 0.29) is 0 Å². The number of alkyl halides is 3. The quantitative estimate of drug-likeness (QED) is 0.571. The monoisotopic (exact) mass is 276 g/mol. The second-order valence-electron chi connectivity index (χ2n) is 4.15. The third kappa shape index (κ3) is 2.33. The average molecular weight is 276 g/mol. The van der Waals surface area contributed by atoms with Gasteiger partial charge in [-0.25, -0.2) is 0 Å². The van der Waals surface area contributed by atoms with Crippen LogP contribution in [-0.2, 0) is 14.3 Å². The minimum absolute atomic E-state index is 0.318. The van der Waals surface area contributed by atoms with Crippen LogP contribution >= 0.6 is 11.8 Å². The number of fused-ring (bicyclic) bond motifs is 1. The number of rotatable bonds is 2. The molecule has 2 atom stereocenters. The Bertz CT molecular complexity index is 353. The van der Waals surface area contributed by atoms with Crippen LogP contribution in [0.1, 0.15) is 12.8 Å². The highest BCUT2D eigenvalue weighted by Gasteiger charge is 2.50. The van der Waals surface area contributed by atoms with Crippen LogP contribution in [0.5, 0.6) is 0 Å². The molecule has 0 aromatic rings. The normalized spacial score (nSPS) is 35.3. The SMILES string of the molecule is O=S(=O)(OC1CC2CSCC2C1)C(F)(F)F. The molecular weight excluding hydrogens is 265 g/mol. The highest BCUT2D eigenvalue weighted by molar-refractivity contribution is 7.99. The van der Waals surface area contributed by atoms with E-state index in [1.54, 1.807) is 11.8 Å². The highest BCUT2D eigenvalue weighted by atomic mass is 32.2. The van der Waals surface area contributed by atoms with Crippen molar-refractivity contribution in [1.82, 2.24) is 0 Å². The van der Waals surface area contributed by atoms with E-state index in [0.717, 1.165) is 11.5 Å². The second-order valence-corrected chi connectivity index (χ2v) is 6.79. The van der Waals surface area contributed by atoms with E-state index in [1.165, 1.54) is 0 Å².